The fraction of sp³-hybridized carbons (Fsp3) is 0.333. The minimum atomic E-state index is -1.24. The third kappa shape index (κ3) is 3.85. The van der Waals surface area contributed by atoms with Crippen molar-refractivity contribution in [1.29, 1.82) is 0 Å². The van der Waals surface area contributed by atoms with Gasteiger partial charge in [0.15, 0.2) is 5.78 Å². The van der Waals surface area contributed by atoms with Gasteiger partial charge in [0.25, 0.3) is 0 Å². The van der Waals surface area contributed by atoms with E-state index < -0.39 is 11.8 Å². The van der Waals surface area contributed by atoms with Crippen LogP contribution in [0.25, 0.3) is 6.08 Å². The van der Waals surface area contributed by atoms with Gasteiger partial charge in [-0.05, 0) is 30.7 Å². The van der Waals surface area contributed by atoms with Crippen molar-refractivity contribution in [3.8, 4) is 11.5 Å². The van der Waals surface area contributed by atoms with Crippen molar-refractivity contribution < 1.29 is 24.2 Å². The van der Waals surface area contributed by atoms with Gasteiger partial charge in [0, 0.05) is 12.0 Å². The molecule has 1 aromatic carbocycles. The lowest BCUT2D eigenvalue weighted by atomic mass is 10.0. The van der Waals surface area contributed by atoms with Crippen LogP contribution in [0.4, 0.5) is 0 Å². The number of rotatable bonds is 7. The molecule has 0 saturated carbocycles. The van der Waals surface area contributed by atoms with Gasteiger partial charge < -0.3 is 14.6 Å². The van der Waals surface area contributed by atoms with Crippen LogP contribution < -0.4 is 9.47 Å². The number of carbonyl (C=O) groups is 2. The average Bonchev–Trinajstić information content (AvgIpc) is 2.44. The summed E-state index contributed by atoms with van der Waals surface area (Å²) >= 11 is 0. The minimum Gasteiger partial charge on any atom is -0.497 e. The van der Waals surface area contributed by atoms with E-state index in [-0.39, 0.29) is 12.0 Å². The molecule has 108 valence electrons. The zero-order valence-corrected chi connectivity index (χ0v) is 11.8. The summed E-state index contributed by atoms with van der Waals surface area (Å²) in [5.41, 5.74) is 0.243. The average molecular weight is 278 g/mol. The number of methoxy groups -OCH3 is 2. The molecule has 5 nitrogen and oxygen atoms in total. The number of hydrogen-bond donors (Lipinski definition) is 1. The van der Waals surface area contributed by atoms with E-state index in [1.807, 2.05) is 6.92 Å². The van der Waals surface area contributed by atoms with Crippen LogP contribution >= 0.6 is 0 Å². The van der Waals surface area contributed by atoms with E-state index in [0.29, 0.717) is 23.5 Å². The van der Waals surface area contributed by atoms with Crippen LogP contribution in [0.5, 0.6) is 11.5 Å². The molecule has 0 amide bonds. The first kappa shape index (κ1) is 15.8. The van der Waals surface area contributed by atoms with Crippen molar-refractivity contribution in [3.63, 3.8) is 0 Å². The molecule has 0 radical (unpaired) electrons. The molecule has 0 bridgehead atoms. The molecule has 20 heavy (non-hydrogen) atoms. The Morgan fingerprint density at radius 1 is 1.25 bits per heavy atom. The highest BCUT2D eigenvalue weighted by atomic mass is 16.5. The second-order valence-electron chi connectivity index (χ2n) is 4.14. The quantitative estimate of drug-likeness (QED) is 0.471. The Kier molecular flexibility index (Phi) is 5.77. The molecule has 0 fully saturated rings. The summed E-state index contributed by atoms with van der Waals surface area (Å²) in [6.07, 6.45) is 2.12. The molecule has 0 aliphatic carbocycles. The Hall–Kier alpha value is -2.30. The molecule has 0 aliphatic rings. The maximum absolute atomic E-state index is 11.8. The second kappa shape index (κ2) is 7.33. The zero-order chi connectivity index (χ0) is 15.1. The third-order valence-electron chi connectivity index (χ3n) is 2.74. The molecule has 0 heterocycles. The fourth-order valence-corrected chi connectivity index (χ4v) is 1.73. The van der Waals surface area contributed by atoms with E-state index in [2.05, 4.69) is 0 Å². The molecule has 5 heteroatoms. The summed E-state index contributed by atoms with van der Waals surface area (Å²) in [4.78, 5) is 23.0. The number of ketones is 1. The lowest BCUT2D eigenvalue weighted by Gasteiger charge is -2.08. The summed E-state index contributed by atoms with van der Waals surface area (Å²) < 4.78 is 10.2. The smallest absolute Gasteiger partial charge is 0.339 e. The van der Waals surface area contributed by atoms with Gasteiger partial charge in [-0.3, -0.25) is 4.79 Å². The molecule has 0 unspecified atom stereocenters. The molecule has 1 aromatic rings. The van der Waals surface area contributed by atoms with E-state index in [0.717, 1.165) is 0 Å². The van der Waals surface area contributed by atoms with Gasteiger partial charge in [-0.2, -0.15) is 0 Å². The van der Waals surface area contributed by atoms with Crippen LogP contribution in [0.15, 0.2) is 23.8 Å². The summed E-state index contributed by atoms with van der Waals surface area (Å²) in [7, 11) is 2.99. The van der Waals surface area contributed by atoms with Gasteiger partial charge in [-0.25, -0.2) is 4.79 Å². The van der Waals surface area contributed by atoms with Gasteiger partial charge in [0.2, 0.25) is 0 Å². The third-order valence-corrected chi connectivity index (χ3v) is 2.74. The highest BCUT2D eigenvalue weighted by Crippen LogP contribution is 2.26. The lowest BCUT2D eigenvalue weighted by molar-refractivity contribution is -0.134. The molecule has 1 N–H and O–H groups in total. The molecule has 0 aliphatic heterocycles. The number of ether oxygens (including phenoxy) is 2. The molecular weight excluding hydrogens is 260 g/mol. The first-order chi connectivity index (χ1) is 9.53. The first-order valence-corrected chi connectivity index (χ1v) is 6.23. The van der Waals surface area contributed by atoms with Crippen molar-refractivity contribution in [1.82, 2.24) is 0 Å². The van der Waals surface area contributed by atoms with Gasteiger partial charge in [-0.1, -0.05) is 6.92 Å². The Morgan fingerprint density at radius 3 is 2.45 bits per heavy atom. The number of aliphatic carboxylic acids is 1. The van der Waals surface area contributed by atoms with Gasteiger partial charge in [-0.15, -0.1) is 0 Å². The largest absolute Gasteiger partial charge is 0.497 e. The topological polar surface area (TPSA) is 72.8 Å². The lowest BCUT2D eigenvalue weighted by Crippen LogP contribution is -2.11. The van der Waals surface area contributed by atoms with E-state index in [1.165, 1.54) is 20.3 Å². The molecule has 0 saturated heterocycles. The number of Topliss-reactive ketones (excluding diaryl/α,β-unsaturated/α-hetero) is 1. The number of hydrogen-bond acceptors (Lipinski definition) is 4. The summed E-state index contributed by atoms with van der Waals surface area (Å²) in [6.45, 7) is 1.82. The zero-order valence-electron chi connectivity index (χ0n) is 11.8. The van der Waals surface area contributed by atoms with E-state index >= 15 is 0 Å². The van der Waals surface area contributed by atoms with Crippen LogP contribution in [-0.4, -0.2) is 31.1 Å². The van der Waals surface area contributed by atoms with E-state index in [1.54, 1.807) is 18.2 Å². The Labute approximate surface area is 117 Å². The van der Waals surface area contributed by atoms with Crippen LogP contribution in [0.1, 0.15) is 25.3 Å². The van der Waals surface area contributed by atoms with Crippen molar-refractivity contribution in [2.45, 2.75) is 19.8 Å². The summed E-state index contributed by atoms with van der Waals surface area (Å²) in [5.74, 6) is -0.600. The van der Waals surface area contributed by atoms with Gasteiger partial charge in [0.1, 0.15) is 17.1 Å². The van der Waals surface area contributed by atoms with E-state index in [4.69, 9.17) is 14.6 Å². The predicted octanol–water partition coefficient (Wildman–Crippen LogP) is 2.54. The van der Waals surface area contributed by atoms with Crippen molar-refractivity contribution >= 4 is 17.8 Å². The maximum Gasteiger partial charge on any atom is 0.339 e. The Morgan fingerprint density at radius 2 is 1.95 bits per heavy atom. The summed E-state index contributed by atoms with van der Waals surface area (Å²) in [6, 6.07) is 4.99. The van der Waals surface area contributed by atoms with Crippen LogP contribution in [-0.2, 0) is 9.59 Å². The van der Waals surface area contributed by atoms with Crippen molar-refractivity contribution in [2.75, 3.05) is 14.2 Å². The van der Waals surface area contributed by atoms with Crippen molar-refractivity contribution in [3.05, 3.63) is 29.3 Å². The van der Waals surface area contributed by atoms with Crippen LogP contribution in [0.2, 0.25) is 0 Å². The second-order valence-corrected chi connectivity index (χ2v) is 4.14. The standard InChI is InChI=1S/C15H18O5/c1-4-5-13(16)12(15(17)18)9-10-8-11(19-2)6-7-14(10)20-3/h6-9H,4-5H2,1-3H3,(H,17,18). The molecule has 0 spiro atoms. The SMILES string of the molecule is CCCC(=O)C(=Cc1cc(OC)ccc1OC)C(=O)O. The highest BCUT2D eigenvalue weighted by Gasteiger charge is 2.17. The van der Waals surface area contributed by atoms with Crippen molar-refractivity contribution in [2.24, 2.45) is 0 Å². The van der Waals surface area contributed by atoms with E-state index in [9.17, 15) is 9.59 Å². The Bertz CT molecular complexity index is 531. The number of carbonyl (C=O) groups excluding carboxylic acids is 1. The van der Waals surface area contributed by atoms with Gasteiger partial charge >= 0.3 is 5.97 Å². The monoisotopic (exact) mass is 278 g/mol. The summed E-state index contributed by atoms with van der Waals surface area (Å²) in [5, 5.41) is 9.16. The minimum absolute atomic E-state index is 0.199. The molecule has 0 atom stereocenters. The van der Waals surface area contributed by atoms with Gasteiger partial charge in [0.05, 0.1) is 14.2 Å². The van der Waals surface area contributed by atoms with Crippen LogP contribution in [0, 0.1) is 0 Å². The number of benzene rings is 1. The van der Waals surface area contributed by atoms with Crippen LogP contribution in [0.3, 0.4) is 0 Å². The highest BCUT2D eigenvalue weighted by molar-refractivity contribution is 6.20. The fourth-order valence-electron chi connectivity index (χ4n) is 1.73. The molecule has 0 aromatic heterocycles. The number of carboxylic acids is 1. The Balaban J connectivity index is 3.28. The first-order valence-electron chi connectivity index (χ1n) is 6.23. The molecule has 1 rings (SSSR count). The predicted molar refractivity (Wildman–Crippen MR) is 75.1 cm³/mol. The maximum atomic E-state index is 11.8. The number of carboxylic acid groups (broad SMARTS) is 1. The normalized spacial score (nSPS) is 11.1. The molecular formula is C15H18O5.